The van der Waals surface area contributed by atoms with E-state index in [9.17, 15) is 0 Å². The standard InChI is InChI=1S/C13H15N/c1-3-4-5-13(10-14)12-8-6-11(2)7-9-12/h3-10H,1,14H2,2H3/b5-4-,13-10+. The smallest absolute Gasteiger partial charge is 0.00175 e. The summed E-state index contributed by atoms with van der Waals surface area (Å²) in [7, 11) is 0. The van der Waals surface area contributed by atoms with E-state index in [0.29, 0.717) is 0 Å². The maximum Gasteiger partial charge on any atom is 0.00175 e. The summed E-state index contributed by atoms with van der Waals surface area (Å²) in [6.45, 7) is 5.68. The van der Waals surface area contributed by atoms with Gasteiger partial charge in [0.25, 0.3) is 0 Å². The van der Waals surface area contributed by atoms with Crippen molar-refractivity contribution in [1.82, 2.24) is 0 Å². The average molecular weight is 185 g/mol. The van der Waals surface area contributed by atoms with Crippen molar-refractivity contribution in [3.8, 4) is 0 Å². The number of hydrogen-bond donors (Lipinski definition) is 1. The molecule has 2 N–H and O–H groups in total. The molecular formula is C13H15N. The molecule has 0 atom stereocenters. The molecular weight excluding hydrogens is 170 g/mol. The number of nitrogens with two attached hydrogens (primary N) is 1. The van der Waals surface area contributed by atoms with E-state index < -0.39 is 0 Å². The lowest BCUT2D eigenvalue weighted by molar-refractivity contribution is 1.45. The molecule has 0 radical (unpaired) electrons. The Labute approximate surface area is 85.3 Å². The number of hydrogen-bond acceptors (Lipinski definition) is 1. The highest BCUT2D eigenvalue weighted by molar-refractivity contribution is 5.73. The van der Waals surface area contributed by atoms with Crippen LogP contribution in [-0.4, -0.2) is 0 Å². The molecule has 0 amide bonds. The first-order valence-electron chi connectivity index (χ1n) is 4.56. The molecule has 1 rings (SSSR count). The van der Waals surface area contributed by atoms with Crippen molar-refractivity contribution in [2.45, 2.75) is 6.92 Å². The molecule has 0 saturated carbocycles. The van der Waals surface area contributed by atoms with E-state index in [1.54, 1.807) is 12.3 Å². The second-order valence-corrected chi connectivity index (χ2v) is 3.08. The van der Waals surface area contributed by atoms with Gasteiger partial charge in [-0.2, -0.15) is 0 Å². The van der Waals surface area contributed by atoms with Gasteiger partial charge in [0.1, 0.15) is 0 Å². The zero-order valence-electron chi connectivity index (χ0n) is 8.40. The van der Waals surface area contributed by atoms with Crippen molar-refractivity contribution in [3.05, 3.63) is 66.4 Å². The fourth-order valence-corrected chi connectivity index (χ4v) is 1.17. The third-order valence-corrected chi connectivity index (χ3v) is 1.98. The van der Waals surface area contributed by atoms with Gasteiger partial charge in [-0.1, -0.05) is 54.6 Å². The summed E-state index contributed by atoms with van der Waals surface area (Å²) in [6.07, 6.45) is 7.15. The number of allylic oxidation sites excluding steroid dienone is 4. The molecule has 1 nitrogen and oxygen atoms in total. The van der Waals surface area contributed by atoms with Crippen molar-refractivity contribution in [3.63, 3.8) is 0 Å². The highest BCUT2D eigenvalue weighted by Crippen LogP contribution is 2.15. The lowest BCUT2D eigenvalue weighted by Gasteiger charge is -2.01. The van der Waals surface area contributed by atoms with Gasteiger partial charge < -0.3 is 5.73 Å². The van der Waals surface area contributed by atoms with Crippen LogP contribution in [0.1, 0.15) is 11.1 Å². The van der Waals surface area contributed by atoms with Gasteiger partial charge in [-0.25, -0.2) is 0 Å². The molecule has 1 heteroatoms. The Kier molecular flexibility index (Phi) is 3.74. The minimum absolute atomic E-state index is 1.00. The Bertz CT molecular complexity index is 355. The zero-order valence-corrected chi connectivity index (χ0v) is 8.40. The monoisotopic (exact) mass is 185 g/mol. The lowest BCUT2D eigenvalue weighted by Crippen LogP contribution is -1.86. The molecule has 1 aromatic carbocycles. The van der Waals surface area contributed by atoms with Crippen molar-refractivity contribution >= 4 is 5.57 Å². The van der Waals surface area contributed by atoms with E-state index in [1.165, 1.54) is 5.56 Å². The molecule has 0 aliphatic carbocycles. The van der Waals surface area contributed by atoms with Gasteiger partial charge in [0.2, 0.25) is 0 Å². The second kappa shape index (κ2) is 5.07. The number of aryl methyl sites for hydroxylation is 1. The molecule has 72 valence electrons. The third kappa shape index (κ3) is 2.63. The van der Waals surface area contributed by atoms with Gasteiger partial charge >= 0.3 is 0 Å². The van der Waals surface area contributed by atoms with Crippen molar-refractivity contribution < 1.29 is 0 Å². The van der Waals surface area contributed by atoms with Gasteiger partial charge in [0, 0.05) is 6.20 Å². The predicted octanol–water partition coefficient (Wildman–Crippen LogP) is 3.04. The molecule has 0 heterocycles. The lowest BCUT2D eigenvalue weighted by atomic mass is 10.0. The summed E-state index contributed by atoms with van der Waals surface area (Å²) in [5, 5.41) is 0. The summed E-state index contributed by atoms with van der Waals surface area (Å²) in [5.41, 5.74) is 8.91. The Morgan fingerprint density at radius 2 is 1.93 bits per heavy atom. The first-order valence-corrected chi connectivity index (χ1v) is 4.56. The van der Waals surface area contributed by atoms with Crippen LogP contribution >= 0.6 is 0 Å². The van der Waals surface area contributed by atoms with Crippen LogP contribution in [-0.2, 0) is 0 Å². The predicted molar refractivity (Wildman–Crippen MR) is 62.7 cm³/mol. The maximum absolute atomic E-state index is 5.54. The normalized spacial score (nSPS) is 11.9. The summed E-state index contributed by atoms with van der Waals surface area (Å²) in [6, 6.07) is 8.25. The van der Waals surface area contributed by atoms with Crippen LogP contribution in [0.4, 0.5) is 0 Å². The molecule has 0 spiro atoms. The van der Waals surface area contributed by atoms with Crippen molar-refractivity contribution in [2.24, 2.45) is 5.73 Å². The quantitative estimate of drug-likeness (QED) is 0.720. The van der Waals surface area contributed by atoms with Crippen molar-refractivity contribution in [1.29, 1.82) is 0 Å². The first kappa shape index (κ1) is 10.3. The zero-order chi connectivity index (χ0) is 10.4. The maximum atomic E-state index is 5.54. The van der Waals surface area contributed by atoms with Crippen LogP contribution in [0, 0.1) is 6.92 Å². The van der Waals surface area contributed by atoms with Gasteiger partial charge in [0.15, 0.2) is 0 Å². The van der Waals surface area contributed by atoms with E-state index in [0.717, 1.165) is 11.1 Å². The molecule has 1 aromatic rings. The van der Waals surface area contributed by atoms with Crippen LogP contribution in [0.25, 0.3) is 5.57 Å². The Hall–Kier alpha value is -1.76. The van der Waals surface area contributed by atoms with E-state index in [-0.39, 0.29) is 0 Å². The highest BCUT2D eigenvalue weighted by atomic mass is 14.5. The molecule has 0 unspecified atom stereocenters. The summed E-state index contributed by atoms with van der Waals surface area (Å²) >= 11 is 0. The Balaban J connectivity index is 2.96. The molecule has 0 aliphatic rings. The van der Waals surface area contributed by atoms with Gasteiger partial charge in [-0.3, -0.25) is 0 Å². The SMILES string of the molecule is C=C/C=C\C(=C/N)c1ccc(C)cc1. The van der Waals surface area contributed by atoms with Gasteiger partial charge in [0.05, 0.1) is 0 Å². The van der Waals surface area contributed by atoms with E-state index >= 15 is 0 Å². The van der Waals surface area contributed by atoms with Crippen LogP contribution in [0.3, 0.4) is 0 Å². The second-order valence-electron chi connectivity index (χ2n) is 3.08. The summed E-state index contributed by atoms with van der Waals surface area (Å²) in [5.74, 6) is 0. The minimum atomic E-state index is 1.00. The molecule has 14 heavy (non-hydrogen) atoms. The fraction of sp³-hybridized carbons (Fsp3) is 0.0769. The van der Waals surface area contributed by atoms with Crippen LogP contribution < -0.4 is 5.73 Å². The average Bonchev–Trinajstić information content (AvgIpc) is 2.21. The molecule has 0 fully saturated rings. The molecule has 0 aromatic heterocycles. The minimum Gasteiger partial charge on any atom is -0.404 e. The molecule has 0 bridgehead atoms. The molecule has 0 saturated heterocycles. The number of rotatable bonds is 3. The van der Waals surface area contributed by atoms with Crippen molar-refractivity contribution in [2.75, 3.05) is 0 Å². The van der Waals surface area contributed by atoms with Crippen LogP contribution in [0.2, 0.25) is 0 Å². The molecule has 0 aliphatic heterocycles. The van der Waals surface area contributed by atoms with Crippen LogP contribution in [0.15, 0.2) is 55.3 Å². The summed E-state index contributed by atoms with van der Waals surface area (Å²) in [4.78, 5) is 0. The summed E-state index contributed by atoms with van der Waals surface area (Å²) < 4.78 is 0. The number of benzene rings is 1. The van der Waals surface area contributed by atoms with Gasteiger partial charge in [-0.05, 0) is 18.1 Å². The van der Waals surface area contributed by atoms with E-state index in [1.807, 2.05) is 12.2 Å². The van der Waals surface area contributed by atoms with E-state index in [2.05, 4.69) is 37.8 Å². The van der Waals surface area contributed by atoms with Gasteiger partial charge in [-0.15, -0.1) is 0 Å². The Morgan fingerprint density at radius 1 is 1.29 bits per heavy atom. The third-order valence-electron chi connectivity index (χ3n) is 1.98. The van der Waals surface area contributed by atoms with Crippen LogP contribution in [0.5, 0.6) is 0 Å². The highest BCUT2D eigenvalue weighted by Gasteiger charge is 1.95. The Morgan fingerprint density at radius 3 is 2.43 bits per heavy atom. The topological polar surface area (TPSA) is 26.0 Å². The largest absolute Gasteiger partial charge is 0.404 e. The van der Waals surface area contributed by atoms with E-state index in [4.69, 9.17) is 5.73 Å². The first-order chi connectivity index (χ1) is 6.77. The fourth-order valence-electron chi connectivity index (χ4n) is 1.17.